The zero-order valence-corrected chi connectivity index (χ0v) is 19.8. The molecule has 0 radical (unpaired) electrons. The number of nitrogens with zero attached hydrogens (tertiary/aromatic N) is 3. The molecule has 1 amide bonds. The maximum absolute atomic E-state index is 13.5. The van der Waals surface area contributed by atoms with E-state index in [0.717, 1.165) is 5.56 Å². The van der Waals surface area contributed by atoms with Gasteiger partial charge in [0.15, 0.2) is 5.78 Å². The van der Waals surface area contributed by atoms with Crippen molar-refractivity contribution in [2.75, 3.05) is 11.5 Å². The van der Waals surface area contributed by atoms with Gasteiger partial charge < -0.3 is 4.74 Å². The van der Waals surface area contributed by atoms with Crippen LogP contribution in [0.1, 0.15) is 59.2 Å². The van der Waals surface area contributed by atoms with Gasteiger partial charge in [0.25, 0.3) is 5.91 Å². The average molecular weight is 464 g/mol. The van der Waals surface area contributed by atoms with E-state index in [-0.39, 0.29) is 0 Å². The highest BCUT2D eigenvalue weighted by Crippen LogP contribution is 2.42. The number of rotatable bonds is 7. The van der Waals surface area contributed by atoms with Gasteiger partial charge in [0.1, 0.15) is 16.7 Å². The Morgan fingerprint density at radius 1 is 1.06 bits per heavy atom. The fourth-order valence-corrected chi connectivity index (χ4v) is 4.73. The van der Waals surface area contributed by atoms with Crippen LogP contribution in [0, 0.1) is 12.8 Å². The predicted octanol–water partition coefficient (Wildman–Crippen LogP) is 4.52. The van der Waals surface area contributed by atoms with Crippen LogP contribution in [-0.4, -0.2) is 34.3 Å². The Bertz CT molecular complexity index is 1190. The van der Waals surface area contributed by atoms with E-state index in [2.05, 4.69) is 24.0 Å². The Morgan fingerprint density at radius 3 is 2.27 bits per heavy atom. The smallest absolute Gasteiger partial charge is 0.297 e. The SMILES string of the molecule is CCOc1ccc(C(=O)C2C(=O)C(=O)N(c3nnc(C)s3)C2c2ccc(C(C)C)cc2)cc1. The van der Waals surface area contributed by atoms with Crippen molar-refractivity contribution in [3.8, 4) is 5.75 Å². The minimum atomic E-state index is -1.18. The Labute approximate surface area is 196 Å². The molecule has 0 bridgehead atoms. The van der Waals surface area contributed by atoms with Gasteiger partial charge in [0.2, 0.25) is 10.9 Å². The van der Waals surface area contributed by atoms with E-state index < -0.39 is 29.4 Å². The summed E-state index contributed by atoms with van der Waals surface area (Å²) in [5.74, 6) is -2.10. The summed E-state index contributed by atoms with van der Waals surface area (Å²) in [6.45, 7) is 8.34. The largest absolute Gasteiger partial charge is 0.494 e. The third kappa shape index (κ3) is 4.30. The minimum absolute atomic E-state index is 0.311. The van der Waals surface area contributed by atoms with Crippen LogP contribution in [0.4, 0.5) is 5.13 Å². The number of ketones is 2. The zero-order chi connectivity index (χ0) is 23.7. The lowest BCUT2D eigenvalue weighted by Crippen LogP contribution is -2.30. The van der Waals surface area contributed by atoms with Crippen molar-refractivity contribution in [2.45, 2.75) is 39.7 Å². The van der Waals surface area contributed by atoms with Crippen molar-refractivity contribution in [2.24, 2.45) is 5.92 Å². The molecule has 0 spiro atoms. The first-order valence-electron chi connectivity index (χ1n) is 10.9. The van der Waals surface area contributed by atoms with Crippen LogP contribution < -0.4 is 9.64 Å². The summed E-state index contributed by atoms with van der Waals surface area (Å²) in [7, 11) is 0. The summed E-state index contributed by atoms with van der Waals surface area (Å²) in [4.78, 5) is 41.1. The van der Waals surface area contributed by atoms with Crippen LogP contribution in [-0.2, 0) is 9.59 Å². The Balaban J connectivity index is 1.78. The van der Waals surface area contributed by atoms with Crippen LogP contribution in [0.2, 0.25) is 0 Å². The van der Waals surface area contributed by atoms with Gasteiger partial charge >= 0.3 is 0 Å². The molecule has 170 valence electrons. The molecule has 1 aromatic heterocycles. The monoisotopic (exact) mass is 463 g/mol. The first kappa shape index (κ1) is 22.8. The summed E-state index contributed by atoms with van der Waals surface area (Å²) in [6, 6.07) is 13.5. The van der Waals surface area contributed by atoms with E-state index in [1.54, 1.807) is 31.2 Å². The predicted molar refractivity (Wildman–Crippen MR) is 126 cm³/mol. The number of Topliss-reactive ketones (excluding diaryl/α,β-unsaturated/α-hetero) is 2. The highest BCUT2D eigenvalue weighted by Gasteiger charge is 2.53. The third-order valence-corrected chi connectivity index (χ3v) is 6.54. The summed E-state index contributed by atoms with van der Waals surface area (Å²) in [6.07, 6.45) is 0. The molecule has 7 nitrogen and oxygen atoms in total. The molecule has 1 aliphatic rings. The van der Waals surface area contributed by atoms with E-state index in [1.807, 2.05) is 31.2 Å². The van der Waals surface area contributed by atoms with E-state index in [0.29, 0.717) is 39.5 Å². The molecular formula is C25H25N3O4S. The maximum atomic E-state index is 13.5. The number of carbonyl (C=O) groups is 3. The fraction of sp³-hybridized carbons (Fsp3) is 0.320. The normalized spacial score (nSPS) is 18.3. The van der Waals surface area contributed by atoms with Gasteiger partial charge in [-0.15, -0.1) is 10.2 Å². The van der Waals surface area contributed by atoms with E-state index in [9.17, 15) is 14.4 Å². The summed E-state index contributed by atoms with van der Waals surface area (Å²) in [5.41, 5.74) is 2.18. The number of benzene rings is 2. The van der Waals surface area contributed by atoms with Crippen molar-refractivity contribution in [1.82, 2.24) is 10.2 Å². The van der Waals surface area contributed by atoms with Crippen molar-refractivity contribution < 1.29 is 19.1 Å². The van der Waals surface area contributed by atoms with Gasteiger partial charge in [-0.3, -0.25) is 19.3 Å². The van der Waals surface area contributed by atoms with Gasteiger partial charge in [0, 0.05) is 5.56 Å². The number of aryl methyl sites for hydroxylation is 1. The maximum Gasteiger partial charge on any atom is 0.297 e. The molecule has 4 rings (SSSR count). The van der Waals surface area contributed by atoms with Crippen LogP contribution in [0.5, 0.6) is 5.75 Å². The molecule has 1 aliphatic heterocycles. The van der Waals surface area contributed by atoms with Crippen LogP contribution >= 0.6 is 11.3 Å². The topological polar surface area (TPSA) is 89.5 Å². The number of ether oxygens (including phenoxy) is 1. The first-order valence-corrected chi connectivity index (χ1v) is 11.7. The van der Waals surface area contributed by atoms with E-state index in [1.165, 1.54) is 16.2 Å². The molecule has 2 aromatic carbocycles. The lowest BCUT2D eigenvalue weighted by molar-refractivity contribution is -0.135. The Hall–Kier alpha value is -3.39. The summed E-state index contributed by atoms with van der Waals surface area (Å²) >= 11 is 1.22. The Kier molecular flexibility index (Phi) is 6.37. The minimum Gasteiger partial charge on any atom is -0.494 e. The van der Waals surface area contributed by atoms with Crippen LogP contribution in [0.25, 0.3) is 0 Å². The van der Waals surface area contributed by atoms with Crippen LogP contribution in [0.3, 0.4) is 0 Å². The molecule has 0 aliphatic carbocycles. The molecule has 8 heteroatoms. The molecule has 1 fully saturated rings. The summed E-state index contributed by atoms with van der Waals surface area (Å²) < 4.78 is 5.45. The number of hydrogen-bond acceptors (Lipinski definition) is 7. The van der Waals surface area contributed by atoms with Gasteiger partial charge in [-0.1, -0.05) is 49.4 Å². The number of hydrogen-bond donors (Lipinski definition) is 0. The molecule has 0 saturated carbocycles. The second-order valence-corrected chi connectivity index (χ2v) is 9.37. The first-order chi connectivity index (χ1) is 15.8. The van der Waals surface area contributed by atoms with Crippen LogP contribution in [0.15, 0.2) is 48.5 Å². The second kappa shape index (κ2) is 9.23. The zero-order valence-electron chi connectivity index (χ0n) is 18.9. The van der Waals surface area contributed by atoms with E-state index >= 15 is 0 Å². The van der Waals surface area contributed by atoms with Gasteiger partial charge in [0.05, 0.1) is 12.6 Å². The van der Waals surface area contributed by atoms with Gasteiger partial charge in [-0.25, -0.2) is 0 Å². The molecule has 1 saturated heterocycles. The van der Waals surface area contributed by atoms with Gasteiger partial charge in [-0.05, 0) is 55.2 Å². The number of amides is 1. The second-order valence-electron chi connectivity index (χ2n) is 8.21. The fourth-order valence-electron chi connectivity index (χ4n) is 4.00. The Morgan fingerprint density at radius 2 is 1.73 bits per heavy atom. The molecule has 0 N–H and O–H groups in total. The van der Waals surface area contributed by atoms with Gasteiger partial charge in [-0.2, -0.15) is 0 Å². The molecule has 33 heavy (non-hydrogen) atoms. The van der Waals surface area contributed by atoms with E-state index in [4.69, 9.17) is 4.74 Å². The third-order valence-electron chi connectivity index (χ3n) is 5.70. The highest BCUT2D eigenvalue weighted by atomic mass is 32.1. The lowest BCUT2D eigenvalue weighted by Gasteiger charge is -2.25. The molecule has 2 unspecified atom stereocenters. The summed E-state index contributed by atoms with van der Waals surface area (Å²) in [5, 5.41) is 9.08. The molecule has 2 heterocycles. The number of carbonyl (C=O) groups excluding carboxylic acids is 3. The number of aromatic nitrogens is 2. The van der Waals surface area contributed by atoms with Crippen molar-refractivity contribution in [3.63, 3.8) is 0 Å². The van der Waals surface area contributed by atoms with Crippen molar-refractivity contribution >= 4 is 33.9 Å². The standard InChI is InChI=1S/C25H25N3O4S/c1-5-32-19-12-10-18(11-13-19)22(29)20-21(17-8-6-16(7-9-17)14(2)3)28(24(31)23(20)30)25-27-26-15(4)33-25/h6-14,20-21H,5H2,1-4H3. The molecule has 3 aromatic rings. The number of anilines is 1. The molecular weight excluding hydrogens is 438 g/mol. The average Bonchev–Trinajstić information content (AvgIpc) is 3.34. The molecule has 2 atom stereocenters. The van der Waals surface area contributed by atoms with Crippen molar-refractivity contribution in [3.05, 3.63) is 70.2 Å². The highest BCUT2D eigenvalue weighted by molar-refractivity contribution is 7.15. The lowest BCUT2D eigenvalue weighted by atomic mass is 9.85. The quantitative estimate of drug-likeness (QED) is 0.291. The van der Waals surface area contributed by atoms with Crippen molar-refractivity contribution in [1.29, 1.82) is 0 Å².